The molecule has 1 aromatic carbocycles. The lowest BCUT2D eigenvalue weighted by Gasteiger charge is -2.27. The molecule has 1 saturated heterocycles. The third-order valence-corrected chi connectivity index (χ3v) is 7.56. The van der Waals surface area contributed by atoms with Gasteiger partial charge in [-0.05, 0) is 63.4 Å². The van der Waals surface area contributed by atoms with Gasteiger partial charge in [0.2, 0.25) is 5.95 Å². The number of aromatic nitrogens is 2. The van der Waals surface area contributed by atoms with Gasteiger partial charge < -0.3 is 15.5 Å². The minimum Gasteiger partial charge on any atom is -0.356 e. The molecule has 0 spiro atoms. The number of nitrogens with one attached hydrogen (secondary N) is 2. The van der Waals surface area contributed by atoms with Gasteiger partial charge in [-0.2, -0.15) is 4.98 Å². The second-order valence-corrected chi connectivity index (χ2v) is 9.91. The highest BCUT2D eigenvalue weighted by Gasteiger charge is 2.29. The molecule has 1 aliphatic heterocycles. The number of hydrogen-bond acceptors (Lipinski definition) is 5. The summed E-state index contributed by atoms with van der Waals surface area (Å²) in [6, 6.07) is 11.6. The first-order valence-electron chi connectivity index (χ1n) is 13.1. The number of fused-ring (bicyclic) bond motifs is 1. The predicted octanol–water partition coefficient (Wildman–Crippen LogP) is 5.25. The van der Waals surface area contributed by atoms with Crippen molar-refractivity contribution in [2.75, 3.05) is 23.3 Å². The van der Waals surface area contributed by atoms with E-state index in [1.165, 1.54) is 86.8 Å². The summed E-state index contributed by atoms with van der Waals surface area (Å²) < 4.78 is 0. The average molecular weight is 434 g/mol. The summed E-state index contributed by atoms with van der Waals surface area (Å²) in [7, 11) is 0. The van der Waals surface area contributed by atoms with E-state index in [4.69, 9.17) is 9.97 Å². The van der Waals surface area contributed by atoms with Crippen molar-refractivity contribution in [1.82, 2.24) is 15.3 Å². The summed E-state index contributed by atoms with van der Waals surface area (Å²) in [4.78, 5) is 12.9. The molecule has 172 valence electrons. The third kappa shape index (κ3) is 5.25. The summed E-state index contributed by atoms with van der Waals surface area (Å²) in [5.41, 5.74) is 4.11. The van der Waals surface area contributed by atoms with Crippen molar-refractivity contribution < 1.29 is 0 Å². The van der Waals surface area contributed by atoms with Crippen molar-refractivity contribution in [1.29, 1.82) is 0 Å². The fraction of sp³-hybridized carbons (Fsp3) is 0.630. The van der Waals surface area contributed by atoms with Crippen molar-refractivity contribution in [3.05, 3.63) is 47.2 Å². The highest BCUT2D eigenvalue weighted by atomic mass is 15.2. The van der Waals surface area contributed by atoms with Crippen LogP contribution < -0.4 is 15.5 Å². The number of aryl methyl sites for hydroxylation is 1. The van der Waals surface area contributed by atoms with Crippen molar-refractivity contribution in [3.63, 3.8) is 0 Å². The van der Waals surface area contributed by atoms with Gasteiger partial charge in [-0.15, -0.1) is 0 Å². The van der Waals surface area contributed by atoms with Gasteiger partial charge in [0.15, 0.2) is 0 Å². The molecule has 2 fully saturated rings. The summed E-state index contributed by atoms with van der Waals surface area (Å²) in [6.07, 6.45) is 15.0. The number of rotatable bonds is 6. The van der Waals surface area contributed by atoms with E-state index < -0.39 is 0 Å². The average Bonchev–Trinajstić information content (AvgIpc) is 3.00. The van der Waals surface area contributed by atoms with Gasteiger partial charge in [-0.3, -0.25) is 0 Å². The summed E-state index contributed by atoms with van der Waals surface area (Å²) in [6.45, 7) is 3.22. The largest absolute Gasteiger partial charge is 0.356 e. The van der Waals surface area contributed by atoms with Crippen molar-refractivity contribution in [3.8, 4) is 0 Å². The maximum atomic E-state index is 5.19. The Morgan fingerprint density at radius 3 is 2.38 bits per heavy atom. The van der Waals surface area contributed by atoms with E-state index in [1.807, 2.05) is 0 Å². The molecule has 1 saturated carbocycles. The second kappa shape index (κ2) is 10.7. The molecule has 32 heavy (non-hydrogen) atoms. The molecule has 1 aromatic heterocycles. The van der Waals surface area contributed by atoms with E-state index in [1.54, 1.807) is 0 Å². The van der Waals surface area contributed by atoms with Crippen molar-refractivity contribution >= 4 is 11.8 Å². The van der Waals surface area contributed by atoms with Gasteiger partial charge in [-0.25, -0.2) is 4.98 Å². The summed E-state index contributed by atoms with van der Waals surface area (Å²) in [5.74, 6) is 2.11. The van der Waals surface area contributed by atoms with Crippen LogP contribution in [-0.2, 0) is 19.4 Å². The SMILES string of the molecule is c1ccc(CNC2CCCC2Nc2nc3c(c(N4CCCCCC4)n2)CCCCC3)cc1. The monoisotopic (exact) mass is 433 g/mol. The molecule has 2 N–H and O–H groups in total. The Balaban J connectivity index is 1.34. The molecular weight excluding hydrogens is 394 g/mol. The van der Waals surface area contributed by atoms with Crippen LogP contribution in [0.1, 0.15) is 81.0 Å². The Morgan fingerprint density at radius 2 is 1.53 bits per heavy atom. The molecule has 2 aliphatic carbocycles. The minimum absolute atomic E-state index is 0.402. The Bertz CT molecular complexity index is 860. The number of anilines is 2. The zero-order valence-electron chi connectivity index (χ0n) is 19.5. The number of nitrogens with zero attached hydrogens (tertiary/aromatic N) is 3. The van der Waals surface area contributed by atoms with E-state index in [0.717, 1.165) is 38.4 Å². The molecule has 2 atom stereocenters. The van der Waals surface area contributed by atoms with Gasteiger partial charge in [0.05, 0.1) is 5.69 Å². The topological polar surface area (TPSA) is 53.1 Å². The zero-order valence-corrected chi connectivity index (χ0v) is 19.5. The smallest absolute Gasteiger partial charge is 0.225 e. The minimum atomic E-state index is 0.402. The van der Waals surface area contributed by atoms with Crippen LogP contribution in [0.4, 0.5) is 11.8 Å². The van der Waals surface area contributed by atoms with Gasteiger partial charge in [0.1, 0.15) is 5.82 Å². The lowest BCUT2D eigenvalue weighted by atomic mass is 10.1. The fourth-order valence-corrected chi connectivity index (χ4v) is 5.75. The van der Waals surface area contributed by atoms with Gasteiger partial charge in [-0.1, -0.05) is 49.6 Å². The highest BCUT2D eigenvalue weighted by molar-refractivity contribution is 5.54. The first-order valence-corrected chi connectivity index (χ1v) is 13.1. The lowest BCUT2D eigenvalue weighted by molar-refractivity contribution is 0.491. The van der Waals surface area contributed by atoms with E-state index in [-0.39, 0.29) is 0 Å². The molecule has 5 nitrogen and oxygen atoms in total. The standard InChI is InChI=1S/C27H39N5/c1-2-10-19-32(18-9-1)26-22-14-7-4-8-15-23(22)29-27(31-26)30-25-17-11-16-24(25)28-20-21-12-5-3-6-13-21/h3,5-6,12-13,24-25,28H,1-2,4,7-11,14-20H2,(H,29,30,31). The van der Waals surface area contributed by atoms with Gasteiger partial charge in [0.25, 0.3) is 0 Å². The van der Waals surface area contributed by atoms with Crippen LogP contribution in [0.25, 0.3) is 0 Å². The van der Waals surface area contributed by atoms with Crippen LogP contribution in [0.15, 0.2) is 30.3 Å². The first kappa shape index (κ1) is 21.7. The van der Waals surface area contributed by atoms with Crippen LogP contribution in [0, 0.1) is 0 Å². The highest BCUT2D eigenvalue weighted by Crippen LogP contribution is 2.31. The van der Waals surface area contributed by atoms with Crippen molar-refractivity contribution in [2.45, 2.75) is 95.7 Å². The molecule has 5 heteroatoms. The maximum absolute atomic E-state index is 5.19. The van der Waals surface area contributed by atoms with E-state index >= 15 is 0 Å². The molecular formula is C27H39N5. The molecule has 0 bridgehead atoms. The van der Waals surface area contributed by atoms with Crippen LogP contribution >= 0.6 is 0 Å². The Kier molecular flexibility index (Phi) is 7.22. The van der Waals surface area contributed by atoms with E-state index in [2.05, 4.69) is 45.9 Å². The van der Waals surface area contributed by atoms with Crippen LogP contribution in [0.2, 0.25) is 0 Å². The van der Waals surface area contributed by atoms with Crippen LogP contribution in [0.5, 0.6) is 0 Å². The fourth-order valence-electron chi connectivity index (χ4n) is 5.75. The normalized spacial score (nSPS) is 23.9. The molecule has 2 heterocycles. The Morgan fingerprint density at radius 1 is 0.781 bits per heavy atom. The zero-order chi connectivity index (χ0) is 21.6. The first-order chi connectivity index (χ1) is 15.9. The number of benzene rings is 1. The predicted molar refractivity (Wildman–Crippen MR) is 132 cm³/mol. The second-order valence-electron chi connectivity index (χ2n) is 9.91. The molecule has 5 rings (SSSR count). The lowest BCUT2D eigenvalue weighted by Crippen LogP contribution is -2.40. The van der Waals surface area contributed by atoms with E-state index in [0.29, 0.717) is 12.1 Å². The Hall–Kier alpha value is -2.14. The van der Waals surface area contributed by atoms with Crippen LogP contribution in [0.3, 0.4) is 0 Å². The molecule has 2 unspecified atom stereocenters. The van der Waals surface area contributed by atoms with Gasteiger partial charge in [0, 0.05) is 37.3 Å². The maximum Gasteiger partial charge on any atom is 0.225 e. The van der Waals surface area contributed by atoms with E-state index in [9.17, 15) is 0 Å². The van der Waals surface area contributed by atoms with Gasteiger partial charge >= 0.3 is 0 Å². The molecule has 2 aromatic rings. The summed E-state index contributed by atoms with van der Waals surface area (Å²) in [5, 5.41) is 7.58. The Labute approximate surface area is 193 Å². The number of hydrogen-bond donors (Lipinski definition) is 2. The molecule has 0 radical (unpaired) electrons. The molecule has 3 aliphatic rings. The van der Waals surface area contributed by atoms with Crippen LogP contribution in [-0.4, -0.2) is 35.1 Å². The van der Waals surface area contributed by atoms with Crippen molar-refractivity contribution in [2.24, 2.45) is 0 Å². The summed E-state index contributed by atoms with van der Waals surface area (Å²) >= 11 is 0. The quantitative estimate of drug-likeness (QED) is 0.610. The third-order valence-electron chi connectivity index (χ3n) is 7.56. The molecule has 0 amide bonds.